The lowest BCUT2D eigenvalue weighted by atomic mass is 9.97. The van der Waals surface area contributed by atoms with E-state index in [2.05, 4.69) is 18.2 Å². The summed E-state index contributed by atoms with van der Waals surface area (Å²) in [5.74, 6) is 0.139. The van der Waals surface area contributed by atoms with Crippen LogP contribution in [0.4, 0.5) is 4.39 Å². The van der Waals surface area contributed by atoms with Crippen LogP contribution in [0.2, 0.25) is 0 Å². The molecule has 3 rings (SSSR count). The summed E-state index contributed by atoms with van der Waals surface area (Å²) in [6.45, 7) is 1.01. The Bertz CT molecular complexity index is 635. The summed E-state index contributed by atoms with van der Waals surface area (Å²) >= 11 is 0. The average Bonchev–Trinajstić information content (AvgIpc) is 2.55. The van der Waals surface area contributed by atoms with Gasteiger partial charge in [-0.05, 0) is 29.2 Å². The summed E-state index contributed by atoms with van der Waals surface area (Å²) in [7, 11) is 0. The third-order valence-electron chi connectivity index (χ3n) is 4.31. The number of carbonyl (C=O) groups is 1. The van der Waals surface area contributed by atoms with Crippen LogP contribution >= 0.6 is 0 Å². The number of nitrogens with zero attached hydrogens (tertiary/aromatic N) is 1. The zero-order chi connectivity index (χ0) is 14.7. The highest BCUT2D eigenvalue weighted by atomic mass is 19.1. The summed E-state index contributed by atoms with van der Waals surface area (Å²) in [6, 6.07) is 14.2. The molecule has 0 aliphatic carbocycles. The topological polar surface area (TPSA) is 20.3 Å². The summed E-state index contributed by atoms with van der Waals surface area (Å²) in [5.41, 5.74) is 1.06. The summed E-state index contributed by atoms with van der Waals surface area (Å²) in [5, 5.41) is 2.29. The molecule has 1 fully saturated rings. The lowest BCUT2D eigenvalue weighted by molar-refractivity contribution is -0.132. The molecule has 1 unspecified atom stereocenters. The Balaban J connectivity index is 1.77. The highest BCUT2D eigenvalue weighted by Crippen LogP contribution is 2.21. The van der Waals surface area contributed by atoms with Gasteiger partial charge in [-0.2, -0.15) is 0 Å². The molecule has 0 aromatic heterocycles. The Kier molecular flexibility index (Phi) is 4.18. The molecule has 0 saturated carbocycles. The fourth-order valence-corrected chi connectivity index (χ4v) is 3.14. The van der Waals surface area contributed by atoms with Crippen LogP contribution in [0.3, 0.4) is 0 Å². The van der Waals surface area contributed by atoms with E-state index in [1.54, 1.807) is 0 Å². The molecule has 0 spiro atoms. The maximum atomic E-state index is 12.8. The van der Waals surface area contributed by atoms with Gasteiger partial charge in [-0.25, -0.2) is 0 Å². The van der Waals surface area contributed by atoms with E-state index in [0.717, 1.165) is 35.7 Å². The van der Waals surface area contributed by atoms with E-state index in [9.17, 15) is 9.18 Å². The molecule has 2 aromatic carbocycles. The van der Waals surface area contributed by atoms with E-state index in [0.29, 0.717) is 13.0 Å². The van der Waals surface area contributed by atoms with Gasteiger partial charge in [-0.1, -0.05) is 42.5 Å². The van der Waals surface area contributed by atoms with E-state index >= 15 is 0 Å². The van der Waals surface area contributed by atoms with Crippen molar-refractivity contribution in [1.82, 2.24) is 4.90 Å². The second-order valence-corrected chi connectivity index (χ2v) is 5.82. The van der Waals surface area contributed by atoms with Gasteiger partial charge in [0.15, 0.2) is 0 Å². The summed E-state index contributed by atoms with van der Waals surface area (Å²) in [6.07, 6.45) is 2.21. The first kappa shape index (κ1) is 14.1. The Hall–Kier alpha value is -1.90. The largest absolute Gasteiger partial charge is 0.342 e. The number of halogens is 1. The highest BCUT2D eigenvalue weighted by molar-refractivity contribution is 5.90. The maximum absolute atomic E-state index is 12.8. The van der Waals surface area contributed by atoms with Crippen LogP contribution < -0.4 is 0 Å². The molecule has 1 saturated heterocycles. The quantitative estimate of drug-likeness (QED) is 0.844. The van der Waals surface area contributed by atoms with Crippen LogP contribution in [0.5, 0.6) is 0 Å². The third-order valence-corrected chi connectivity index (χ3v) is 4.31. The molecule has 110 valence electrons. The second-order valence-electron chi connectivity index (χ2n) is 5.82. The van der Waals surface area contributed by atoms with Crippen LogP contribution in [0, 0.1) is 5.92 Å². The molecule has 1 aliphatic heterocycles. The van der Waals surface area contributed by atoms with Crippen molar-refractivity contribution in [3.8, 4) is 0 Å². The van der Waals surface area contributed by atoms with Gasteiger partial charge in [0, 0.05) is 19.0 Å². The number of amides is 1. The number of hydrogen-bond donors (Lipinski definition) is 0. The lowest BCUT2D eigenvalue weighted by Gasteiger charge is -2.31. The van der Waals surface area contributed by atoms with Crippen LogP contribution in [0.15, 0.2) is 42.5 Å². The molecule has 2 nitrogen and oxygen atoms in total. The predicted molar refractivity (Wildman–Crippen MR) is 82.9 cm³/mol. The van der Waals surface area contributed by atoms with Crippen molar-refractivity contribution >= 4 is 16.7 Å². The number of benzene rings is 2. The van der Waals surface area contributed by atoms with E-state index in [-0.39, 0.29) is 18.5 Å². The molecule has 0 bridgehead atoms. The first-order valence-electron chi connectivity index (χ1n) is 7.58. The number of alkyl halides is 1. The number of likely N-dealkylation sites (tertiary alicyclic amines) is 1. The fraction of sp³-hybridized carbons (Fsp3) is 0.389. The molecule has 3 heteroatoms. The molecule has 1 aliphatic rings. The van der Waals surface area contributed by atoms with E-state index in [1.165, 1.54) is 0 Å². The minimum Gasteiger partial charge on any atom is -0.342 e. The van der Waals surface area contributed by atoms with Crippen molar-refractivity contribution in [3.05, 3.63) is 48.0 Å². The molecule has 21 heavy (non-hydrogen) atoms. The molecular formula is C18H20FNO. The molecule has 1 atom stereocenters. The standard InChI is InChI=1S/C18H20FNO/c19-12-14-5-4-10-20(13-14)18(21)11-16-8-3-7-15-6-1-2-9-17(15)16/h1-3,6-9,14H,4-5,10-13H2. The third kappa shape index (κ3) is 3.07. The fourth-order valence-electron chi connectivity index (χ4n) is 3.14. The van der Waals surface area contributed by atoms with Crippen LogP contribution in [0.1, 0.15) is 18.4 Å². The van der Waals surface area contributed by atoms with Crippen LogP contribution in [-0.4, -0.2) is 30.6 Å². The van der Waals surface area contributed by atoms with Crippen molar-refractivity contribution in [1.29, 1.82) is 0 Å². The van der Waals surface area contributed by atoms with Gasteiger partial charge in [0.1, 0.15) is 0 Å². The summed E-state index contributed by atoms with van der Waals surface area (Å²) in [4.78, 5) is 14.3. The Morgan fingerprint density at radius 2 is 2.00 bits per heavy atom. The zero-order valence-electron chi connectivity index (χ0n) is 12.1. The zero-order valence-corrected chi connectivity index (χ0v) is 12.1. The van der Waals surface area contributed by atoms with Crippen molar-refractivity contribution in [2.24, 2.45) is 5.92 Å². The van der Waals surface area contributed by atoms with E-state index in [1.807, 2.05) is 29.2 Å². The molecule has 1 heterocycles. The van der Waals surface area contributed by atoms with Crippen molar-refractivity contribution < 1.29 is 9.18 Å². The molecule has 0 N–H and O–H groups in total. The Morgan fingerprint density at radius 3 is 2.86 bits per heavy atom. The smallest absolute Gasteiger partial charge is 0.227 e. The van der Waals surface area contributed by atoms with Gasteiger partial charge < -0.3 is 4.90 Å². The SMILES string of the molecule is O=C(Cc1cccc2ccccc12)N1CCCC(CF)C1. The minimum atomic E-state index is -0.321. The van der Waals surface area contributed by atoms with Crippen LogP contribution in [-0.2, 0) is 11.2 Å². The van der Waals surface area contributed by atoms with Gasteiger partial charge in [0.05, 0.1) is 13.1 Å². The number of fused-ring (bicyclic) bond motifs is 1. The number of carbonyl (C=O) groups excluding carboxylic acids is 1. The summed E-state index contributed by atoms with van der Waals surface area (Å²) < 4.78 is 12.8. The van der Waals surface area contributed by atoms with Crippen molar-refractivity contribution in [3.63, 3.8) is 0 Å². The highest BCUT2D eigenvalue weighted by Gasteiger charge is 2.23. The number of piperidine rings is 1. The van der Waals surface area contributed by atoms with Gasteiger partial charge in [-0.3, -0.25) is 9.18 Å². The van der Waals surface area contributed by atoms with E-state index in [4.69, 9.17) is 0 Å². The van der Waals surface area contributed by atoms with Gasteiger partial charge in [0.25, 0.3) is 0 Å². The molecule has 2 aromatic rings. The van der Waals surface area contributed by atoms with Gasteiger partial charge in [-0.15, -0.1) is 0 Å². The first-order valence-corrected chi connectivity index (χ1v) is 7.58. The predicted octanol–water partition coefficient (Wildman–Crippen LogP) is 3.59. The van der Waals surface area contributed by atoms with E-state index < -0.39 is 0 Å². The lowest BCUT2D eigenvalue weighted by Crippen LogP contribution is -2.41. The Morgan fingerprint density at radius 1 is 1.19 bits per heavy atom. The van der Waals surface area contributed by atoms with Gasteiger partial charge in [0.2, 0.25) is 5.91 Å². The van der Waals surface area contributed by atoms with Crippen molar-refractivity contribution in [2.75, 3.05) is 19.8 Å². The first-order chi connectivity index (χ1) is 10.3. The Labute approximate surface area is 124 Å². The molecule has 1 amide bonds. The second kappa shape index (κ2) is 6.25. The normalized spacial score (nSPS) is 18.9. The van der Waals surface area contributed by atoms with Crippen LogP contribution in [0.25, 0.3) is 10.8 Å². The molecular weight excluding hydrogens is 265 g/mol. The van der Waals surface area contributed by atoms with Crippen molar-refractivity contribution in [2.45, 2.75) is 19.3 Å². The minimum absolute atomic E-state index is 0.0233. The number of hydrogen-bond acceptors (Lipinski definition) is 1. The number of rotatable bonds is 3. The van der Waals surface area contributed by atoms with Gasteiger partial charge >= 0.3 is 0 Å². The maximum Gasteiger partial charge on any atom is 0.227 e. The monoisotopic (exact) mass is 285 g/mol. The average molecular weight is 285 g/mol. The molecule has 0 radical (unpaired) electrons.